The predicted molar refractivity (Wildman–Crippen MR) is 96.4 cm³/mol. The highest BCUT2D eigenvalue weighted by Gasteiger charge is 2.22. The summed E-state index contributed by atoms with van der Waals surface area (Å²) in [5, 5.41) is 8.00. The minimum atomic E-state index is -0.233. The Hall–Kier alpha value is -1.91. The highest BCUT2D eigenvalue weighted by Crippen LogP contribution is 2.34. The molecule has 1 fully saturated rings. The zero-order valence-corrected chi connectivity index (χ0v) is 14.4. The van der Waals surface area contributed by atoms with Crippen molar-refractivity contribution in [2.75, 3.05) is 20.3 Å². The Labute approximate surface area is 144 Å². The quantitative estimate of drug-likeness (QED) is 0.470. The first kappa shape index (κ1) is 20.1. The van der Waals surface area contributed by atoms with Crippen molar-refractivity contribution in [3.05, 3.63) is 54.6 Å². The summed E-state index contributed by atoms with van der Waals surface area (Å²) < 4.78 is 10.9. The topological polar surface area (TPSA) is 55.8 Å². The SMILES string of the molecule is C=C(C=O)CO.C=CCOC1CCC(c2ccc(OC)cc2)CC1. The average Bonchev–Trinajstić information content (AvgIpc) is 2.66. The zero-order valence-electron chi connectivity index (χ0n) is 14.4. The van der Waals surface area contributed by atoms with Gasteiger partial charge in [0.05, 0.1) is 26.4 Å². The van der Waals surface area contributed by atoms with E-state index in [4.69, 9.17) is 14.6 Å². The number of hydrogen-bond donors (Lipinski definition) is 1. The minimum Gasteiger partial charge on any atom is -0.497 e. The van der Waals surface area contributed by atoms with Crippen LogP contribution in [-0.2, 0) is 9.53 Å². The lowest BCUT2D eigenvalue weighted by Crippen LogP contribution is -2.20. The molecule has 24 heavy (non-hydrogen) atoms. The summed E-state index contributed by atoms with van der Waals surface area (Å²) in [6.07, 6.45) is 7.53. The lowest BCUT2D eigenvalue weighted by atomic mass is 9.83. The third-order valence-electron chi connectivity index (χ3n) is 4.08. The number of carbonyl (C=O) groups is 1. The normalized spacial score (nSPS) is 19.6. The van der Waals surface area contributed by atoms with Crippen LogP contribution < -0.4 is 4.74 Å². The van der Waals surface area contributed by atoms with Crippen molar-refractivity contribution in [1.82, 2.24) is 0 Å². The molecule has 0 aromatic heterocycles. The minimum absolute atomic E-state index is 0.218. The number of carbonyl (C=O) groups excluding carboxylic acids is 1. The Morgan fingerprint density at radius 3 is 2.29 bits per heavy atom. The van der Waals surface area contributed by atoms with E-state index in [1.54, 1.807) is 7.11 Å². The van der Waals surface area contributed by atoms with Crippen LogP contribution in [-0.4, -0.2) is 37.8 Å². The molecule has 1 saturated carbocycles. The van der Waals surface area contributed by atoms with Gasteiger partial charge in [-0.05, 0) is 49.3 Å². The molecule has 0 atom stereocenters. The van der Waals surface area contributed by atoms with Gasteiger partial charge >= 0.3 is 0 Å². The second-order valence-electron chi connectivity index (χ2n) is 5.80. The maximum atomic E-state index is 9.48. The van der Waals surface area contributed by atoms with Crippen molar-refractivity contribution in [3.63, 3.8) is 0 Å². The molecule has 1 aliphatic rings. The molecule has 0 unspecified atom stereocenters. The van der Waals surface area contributed by atoms with Crippen LogP contribution in [0.15, 0.2) is 49.1 Å². The summed E-state index contributed by atoms with van der Waals surface area (Å²) in [5.74, 6) is 1.61. The van der Waals surface area contributed by atoms with Gasteiger partial charge in [-0.2, -0.15) is 0 Å². The van der Waals surface area contributed by atoms with E-state index in [0.717, 1.165) is 18.6 Å². The summed E-state index contributed by atoms with van der Waals surface area (Å²) in [4.78, 5) is 9.48. The molecule has 0 spiro atoms. The van der Waals surface area contributed by atoms with Crippen LogP contribution in [0.5, 0.6) is 5.75 Å². The molecule has 0 saturated heterocycles. The van der Waals surface area contributed by atoms with Gasteiger partial charge < -0.3 is 14.6 Å². The van der Waals surface area contributed by atoms with E-state index in [1.165, 1.54) is 18.4 Å². The van der Waals surface area contributed by atoms with Crippen LogP contribution in [0.4, 0.5) is 0 Å². The van der Waals surface area contributed by atoms with Crippen LogP contribution in [0.3, 0.4) is 0 Å². The molecule has 4 heteroatoms. The van der Waals surface area contributed by atoms with E-state index in [1.807, 2.05) is 6.08 Å². The Morgan fingerprint density at radius 2 is 1.88 bits per heavy atom. The summed E-state index contributed by atoms with van der Waals surface area (Å²) >= 11 is 0. The number of hydrogen-bond acceptors (Lipinski definition) is 4. The van der Waals surface area contributed by atoms with Gasteiger partial charge in [-0.15, -0.1) is 6.58 Å². The highest BCUT2D eigenvalue weighted by molar-refractivity contribution is 5.72. The van der Waals surface area contributed by atoms with Crippen molar-refractivity contribution in [2.45, 2.75) is 37.7 Å². The van der Waals surface area contributed by atoms with E-state index in [9.17, 15) is 4.79 Å². The Kier molecular flexibility index (Phi) is 9.73. The van der Waals surface area contributed by atoms with E-state index in [-0.39, 0.29) is 12.2 Å². The molecule has 0 amide bonds. The van der Waals surface area contributed by atoms with Gasteiger partial charge in [0, 0.05) is 5.57 Å². The first-order valence-electron chi connectivity index (χ1n) is 8.24. The Balaban J connectivity index is 0.000000413. The van der Waals surface area contributed by atoms with Crippen LogP contribution in [0, 0.1) is 0 Å². The van der Waals surface area contributed by atoms with Crippen molar-refractivity contribution in [1.29, 1.82) is 0 Å². The first-order valence-corrected chi connectivity index (χ1v) is 8.24. The largest absolute Gasteiger partial charge is 0.497 e. The fourth-order valence-electron chi connectivity index (χ4n) is 2.68. The molecular formula is C20H28O4. The second kappa shape index (κ2) is 11.6. The van der Waals surface area contributed by atoms with Gasteiger partial charge in [0.15, 0.2) is 0 Å². The highest BCUT2D eigenvalue weighted by atomic mass is 16.5. The number of benzene rings is 1. The number of rotatable bonds is 7. The van der Waals surface area contributed by atoms with Gasteiger partial charge in [0.1, 0.15) is 12.0 Å². The van der Waals surface area contributed by atoms with Gasteiger partial charge in [0.2, 0.25) is 0 Å². The monoisotopic (exact) mass is 332 g/mol. The fraction of sp³-hybridized carbons (Fsp3) is 0.450. The van der Waals surface area contributed by atoms with Crippen LogP contribution in [0.2, 0.25) is 0 Å². The van der Waals surface area contributed by atoms with Crippen molar-refractivity contribution in [2.24, 2.45) is 0 Å². The predicted octanol–water partition coefficient (Wildman–Crippen LogP) is 3.66. The van der Waals surface area contributed by atoms with Crippen molar-refractivity contribution < 1.29 is 19.4 Å². The van der Waals surface area contributed by atoms with Gasteiger partial charge in [-0.25, -0.2) is 0 Å². The lowest BCUT2D eigenvalue weighted by Gasteiger charge is -2.28. The average molecular weight is 332 g/mol. The standard InChI is InChI=1S/C16H22O2.C4H6O2/c1-3-12-18-16-10-6-14(7-11-16)13-4-8-15(17-2)9-5-13;1-4(2-5)3-6/h3-5,8-9,14,16H,1,6-7,10-12H2,2H3;2,6H,1,3H2. The smallest absolute Gasteiger partial charge is 0.147 e. The molecular weight excluding hydrogens is 304 g/mol. The van der Waals surface area contributed by atoms with Gasteiger partial charge in [0.25, 0.3) is 0 Å². The van der Waals surface area contributed by atoms with Gasteiger partial charge in [-0.3, -0.25) is 4.79 Å². The molecule has 0 radical (unpaired) electrons. The summed E-state index contributed by atoms with van der Waals surface area (Å²) in [7, 11) is 1.71. The van der Waals surface area contributed by atoms with E-state index >= 15 is 0 Å². The Morgan fingerprint density at radius 1 is 1.25 bits per heavy atom. The van der Waals surface area contributed by atoms with Crippen molar-refractivity contribution in [3.8, 4) is 5.75 Å². The molecule has 0 bridgehead atoms. The Bertz CT molecular complexity index is 499. The first-order chi connectivity index (χ1) is 11.6. The lowest BCUT2D eigenvalue weighted by molar-refractivity contribution is -0.105. The third-order valence-corrected chi connectivity index (χ3v) is 4.08. The van der Waals surface area contributed by atoms with Crippen LogP contribution in [0.1, 0.15) is 37.2 Å². The van der Waals surface area contributed by atoms with E-state index < -0.39 is 0 Å². The fourth-order valence-corrected chi connectivity index (χ4v) is 2.68. The summed E-state index contributed by atoms with van der Waals surface area (Å²) in [6, 6.07) is 8.48. The third kappa shape index (κ3) is 7.11. The number of aldehydes is 1. The second-order valence-corrected chi connectivity index (χ2v) is 5.80. The molecule has 4 nitrogen and oxygen atoms in total. The maximum absolute atomic E-state index is 9.48. The number of ether oxygens (including phenoxy) is 2. The molecule has 0 heterocycles. The summed E-state index contributed by atoms with van der Waals surface area (Å²) in [5.41, 5.74) is 1.65. The van der Waals surface area contributed by atoms with Crippen molar-refractivity contribution >= 4 is 6.29 Å². The van der Waals surface area contributed by atoms with Gasteiger partial charge in [-0.1, -0.05) is 24.8 Å². The number of aliphatic hydroxyl groups is 1. The van der Waals surface area contributed by atoms with Crippen LogP contribution >= 0.6 is 0 Å². The molecule has 1 N–H and O–H groups in total. The molecule has 1 aliphatic carbocycles. The molecule has 1 aromatic carbocycles. The zero-order chi connectivity index (χ0) is 17.8. The molecule has 1 aromatic rings. The van der Waals surface area contributed by atoms with E-state index in [0.29, 0.717) is 24.9 Å². The van der Waals surface area contributed by atoms with E-state index in [2.05, 4.69) is 37.4 Å². The van der Waals surface area contributed by atoms with Crippen LogP contribution in [0.25, 0.3) is 0 Å². The molecule has 2 rings (SSSR count). The number of methoxy groups -OCH3 is 1. The maximum Gasteiger partial charge on any atom is 0.147 e. The molecule has 0 aliphatic heterocycles. The number of aliphatic hydroxyl groups excluding tert-OH is 1. The summed E-state index contributed by atoms with van der Waals surface area (Å²) in [6.45, 7) is 7.31. The molecule has 132 valence electrons.